The third-order valence-electron chi connectivity index (χ3n) is 4.98. The average molecular weight is 473 g/mol. The van der Waals surface area contributed by atoms with E-state index in [9.17, 15) is 4.79 Å². The maximum Gasteiger partial charge on any atom is 0.278 e. The quantitative estimate of drug-likeness (QED) is 0.439. The van der Waals surface area contributed by atoms with Gasteiger partial charge >= 0.3 is 0 Å². The second-order valence-electron chi connectivity index (χ2n) is 7.01. The zero-order valence-electron chi connectivity index (χ0n) is 17.1. The number of benzene rings is 1. The highest BCUT2D eigenvalue weighted by Crippen LogP contribution is 2.33. The van der Waals surface area contributed by atoms with E-state index in [-0.39, 0.29) is 11.3 Å². The molecule has 31 heavy (non-hydrogen) atoms. The highest BCUT2D eigenvalue weighted by Gasteiger charge is 2.22. The lowest BCUT2D eigenvalue weighted by molar-refractivity contribution is 0.255. The van der Waals surface area contributed by atoms with Crippen molar-refractivity contribution in [3.8, 4) is 0 Å². The van der Waals surface area contributed by atoms with Gasteiger partial charge in [-0.1, -0.05) is 30.5 Å². The number of nitrogens with one attached hydrogen (secondary N) is 3. The Morgan fingerprint density at radius 3 is 2.87 bits per heavy atom. The first-order chi connectivity index (χ1) is 15.1. The fourth-order valence-corrected chi connectivity index (χ4v) is 5.37. The van der Waals surface area contributed by atoms with Gasteiger partial charge in [-0.25, -0.2) is 9.97 Å². The van der Waals surface area contributed by atoms with Gasteiger partial charge in [0.15, 0.2) is 9.50 Å². The van der Waals surface area contributed by atoms with Crippen LogP contribution in [0.1, 0.15) is 18.5 Å². The fourth-order valence-electron chi connectivity index (χ4n) is 3.40. The van der Waals surface area contributed by atoms with Gasteiger partial charge < -0.3 is 20.5 Å². The van der Waals surface area contributed by atoms with Crippen LogP contribution in [0.2, 0.25) is 0 Å². The molecular formula is C21H24N6OS3. The molecule has 2 aromatic heterocycles. The Labute approximate surface area is 194 Å². The number of hydrogen-bond donors (Lipinski definition) is 3. The van der Waals surface area contributed by atoms with Gasteiger partial charge in [-0.3, -0.25) is 4.79 Å². The Morgan fingerprint density at radius 1 is 1.32 bits per heavy atom. The molecule has 1 aliphatic rings. The number of aromatic amines is 1. The number of rotatable bonds is 7. The van der Waals surface area contributed by atoms with E-state index in [0.717, 1.165) is 58.2 Å². The zero-order chi connectivity index (χ0) is 21.6. The second kappa shape index (κ2) is 10.3. The third kappa shape index (κ3) is 5.63. The smallest absolute Gasteiger partial charge is 0.278 e. The molecule has 1 fully saturated rings. The monoisotopic (exact) mass is 472 g/mol. The number of thioether (sulfide) groups is 1. The molecule has 10 heteroatoms. The Bertz CT molecular complexity index is 1030. The van der Waals surface area contributed by atoms with Crippen molar-refractivity contribution in [3.63, 3.8) is 0 Å². The topological polar surface area (TPSA) is 85.9 Å². The number of amides is 1. The summed E-state index contributed by atoms with van der Waals surface area (Å²) in [5, 5.41) is 9.40. The van der Waals surface area contributed by atoms with Gasteiger partial charge in [0, 0.05) is 36.9 Å². The molecule has 0 unspecified atom stereocenters. The van der Waals surface area contributed by atoms with Crippen LogP contribution < -0.4 is 15.5 Å². The van der Waals surface area contributed by atoms with Crippen molar-refractivity contribution >= 4 is 57.2 Å². The number of nitrogens with zero attached hydrogens (tertiary/aromatic N) is 3. The van der Waals surface area contributed by atoms with Crippen molar-refractivity contribution in [3.05, 3.63) is 54.3 Å². The Hall–Kier alpha value is -2.43. The summed E-state index contributed by atoms with van der Waals surface area (Å²) in [6.07, 6.45) is 7.20. The first-order valence-corrected chi connectivity index (χ1v) is 12.8. The molecule has 162 valence electrons. The van der Waals surface area contributed by atoms with Crippen LogP contribution >= 0.6 is 34.9 Å². The lowest BCUT2D eigenvalue weighted by Gasteiger charge is -2.35. The number of H-pyrrole nitrogens is 1. The molecule has 1 aliphatic heterocycles. The van der Waals surface area contributed by atoms with Gasteiger partial charge in [-0.05, 0) is 43.0 Å². The predicted octanol–water partition coefficient (Wildman–Crippen LogP) is 5.14. The molecule has 0 spiro atoms. The Balaban J connectivity index is 1.39. The molecule has 3 heterocycles. The van der Waals surface area contributed by atoms with Crippen LogP contribution in [-0.4, -0.2) is 45.6 Å². The van der Waals surface area contributed by atoms with Crippen molar-refractivity contribution < 1.29 is 4.79 Å². The molecule has 0 aliphatic carbocycles. The number of hydrogen-bond acceptors (Lipinski definition) is 8. The first kappa shape index (κ1) is 21.8. The van der Waals surface area contributed by atoms with Gasteiger partial charge in [-0.15, -0.1) is 11.3 Å². The molecule has 0 bridgehead atoms. The number of thiazole rings is 1. The number of aromatic nitrogens is 3. The maximum atomic E-state index is 11.6. The van der Waals surface area contributed by atoms with E-state index in [1.807, 2.05) is 17.5 Å². The summed E-state index contributed by atoms with van der Waals surface area (Å²) < 4.78 is 0.913. The molecular weight excluding hydrogens is 448 g/mol. The van der Waals surface area contributed by atoms with Gasteiger partial charge in [0.2, 0.25) is 0 Å². The Morgan fingerprint density at radius 2 is 2.13 bits per heavy atom. The highest BCUT2D eigenvalue weighted by atomic mass is 32.2. The molecule has 3 N–H and O–H groups in total. The standard InChI is InChI=1S/C21H24N6OS3/c1-14(17-13-30-21(26-17)31-19-22-9-10-23-19)24-16-5-3-4-6-18(16)27-11-7-15(8-12-27)25-20(28)29-2/h3-6,9-10,13,15,24H,1,7-8,11-12H2,2H3,(H,22,23)(H,25,28). The van der Waals surface area contributed by atoms with Gasteiger partial charge in [0.25, 0.3) is 5.24 Å². The number of carbonyl (C=O) groups excluding carboxylic acids is 1. The van der Waals surface area contributed by atoms with Crippen LogP contribution in [0.3, 0.4) is 0 Å². The predicted molar refractivity (Wildman–Crippen MR) is 131 cm³/mol. The van der Waals surface area contributed by atoms with E-state index in [1.165, 1.54) is 23.5 Å². The highest BCUT2D eigenvalue weighted by molar-refractivity contribution is 8.12. The minimum absolute atomic E-state index is 0.0460. The largest absolute Gasteiger partial charge is 0.370 e. The van der Waals surface area contributed by atoms with Crippen LogP contribution in [0.25, 0.3) is 5.70 Å². The normalized spacial score (nSPS) is 14.4. The van der Waals surface area contributed by atoms with Crippen LogP contribution in [0.5, 0.6) is 0 Å². The summed E-state index contributed by atoms with van der Waals surface area (Å²) in [6, 6.07) is 8.49. The third-order valence-corrected chi connectivity index (χ3v) is 7.33. The molecule has 1 saturated heterocycles. The second-order valence-corrected chi connectivity index (χ2v) is 9.89. The molecule has 0 atom stereocenters. The summed E-state index contributed by atoms with van der Waals surface area (Å²) in [5.41, 5.74) is 3.73. The number of carbonyl (C=O) groups is 1. The molecule has 0 saturated carbocycles. The Kier molecular flexibility index (Phi) is 7.21. The van der Waals surface area contributed by atoms with Crippen molar-refractivity contribution in [2.75, 3.05) is 29.6 Å². The molecule has 3 aromatic rings. The van der Waals surface area contributed by atoms with E-state index in [0.29, 0.717) is 0 Å². The zero-order valence-corrected chi connectivity index (χ0v) is 19.6. The molecule has 0 radical (unpaired) electrons. The van der Waals surface area contributed by atoms with E-state index in [2.05, 4.69) is 49.2 Å². The van der Waals surface area contributed by atoms with Gasteiger partial charge in [0.05, 0.1) is 22.8 Å². The first-order valence-electron chi connectivity index (χ1n) is 9.90. The van der Waals surface area contributed by atoms with Crippen LogP contribution in [-0.2, 0) is 0 Å². The van der Waals surface area contributed by atoms with E-state index in [1.54, 1.807) is 30.0 Å². The molecule has 1 aromatic carbocycles. The number of imidazole rings is 1. The van der Waals surface area contributed by atoms with E-state index >= 15 is 0 Å². The fraction of sp³-hybridized carbons (Fsp3) is 0.286. The average Bonchev–Trinajstić information content (AvgIpc) is 3.47. The molecule has 7 nitrogen and oxygen atoms in total. The van der Waals surface area contributed by atoms with E-state index in [4.69, 9.17) is 0 Å². The lowest BCUT2D eigenvalue weighted by Crippen LogP contribution is -2.43. The summed E-state index contributed by atoms with van der Waals surface area (Å²) in [5.74, 6) is 0. The minimum Gasteiger partial charge on any atom is -0.370 e. The summed E-state index contributed by atoms with van der Waals surface area (Å²) in [6.45, 7) is 5.99. The molecule has 1 amide bonds. The van der Waals surface area contributed by atoms with Crippen LogP contribution in [0.15, 0.2) is 58.1 Å². The maximum absolute atomic E-state index is 11.6. The minimum atomic E-state index is 0.0460. The number of anilines is 2. The van der Waals surface area contributed by atoms with Gasteiger partial charge in [0.1, 0.15) is 0 Å². The SMILES string of the molecule is C=C(Nc1ccccc1N1CCC(NC(=O)SC)CC1)c1csc(Sc2ncc[nH]2)n1. The lowest BCUT2D eigenvalue weighted by atomic mass is 10.0. The van der Waals surface area contributed by atoms with Crippen molar-refractivity contribution in [1.29, 1.82) is 0 Å². The number of piperidine rings is 1. The van der Waals surface area contributed by atoms with Crippen LogP contribution in [0, 0.1) is 0 Å². The summed E-state index contributed by atoms with van der Waals surface area (Å²) >= 11 is 4.30. The van der Waals surface area contributed by atoms with E-state index < -0.39 is 0 Å². The molecule has 4 rings (SSSR count). The van der Waals surface area contributed by atoms with Gasteiger partial charge in [-0.2, -0.15) is 0 Å². The van der Waals surface area contributed by atoms with Crippen molar-refractivity contribution in [2.24, 2.45) is 0 Å². The summed E-state index contributed by atoms with van der Waals surface area (Å²) in [4.78, 5) is 26.0. The van der Waals surface area contributed by atoms with Crippen molar-refractivity contribution in [2.45, 2.75) is 28.4 Å². The van der Waals surface area contributed by atoms with Crippen LogP contribution in [0.4, 0.5) is 16.2 Å². The number of para-hydroxylation sites is 2. The van der Waals surface area contributed by atoms with Crippen molar-refractivity contribution in [1.82, 2.24) is 20.3 Å². The summed E-state index contributed by atoms with van der Waals surface area (Å²) in [7, 11) is 0.